The van der Waals surface area contributed by atoms with E-state index in [1.54, 1.807) is 6.07 Å². The third-order valence-electron chi connectivity index (χ3n) is 1.91. The molecule has 0 atom stereocenters. The summed E-state index contributed by atoms with van der Waals surface area (Å²) in [5, 5.41) is 19.2. The van der Waals surface area contributed by atoms with Crippen LogP contribution >= 0.6 is 0 Å². The number of hydrogen-bond donors (Lipinski definition) is 0. The summed E-state index contributed by atoms with van der Waals surface area (Å²) in [5.41, 5.74) is 0.242. The van der Waals surface area contributed by atoms with Gasteiger partial charge in [-0.3, -0.25) is 0 Å². The normalized spacial score (nSPS) is 10.0. The quantitative estimate of drug-likeness (QED) is 0.474. The first-order valence-corrected chi connectivity index (χ1v) is 11.5. The minimum absolute atomic E-state index is 0.000587. The van der Waals surface area contributed by atoms with Crippen LogP contribution in [0.4, 0.5) is 5.69 Å². The van der Waals surface area contributed by atoms with Gasteiger partial charge in [0.1, 0.15) is 0 Å². The fourth-order valence-electron chi connectivity index (χ4n) is 1.14. The van der Waals surface area contributed by atoms with Gasteiger partial charge >= 0.3 is 94.6 Å². The van der Waals surface area contributed by atoms with Crippen molar-refractivity contribution in [1.29, 1.82) is 5.26 Å². The van der Waals surface area contributed by atoms with E-state index >= 15 is 0 Å². The van der Waals surface area contributed by atoms with Crippen molar-refractivity contribution in [2.75, 3.05) is 0 Å². The predicted molar refractivity (Wildman–Crippen MR) is 57.3 cm³/mol. The summed E-state index contributed by atoms with van der Waals surface area (Å²) in [4.78, 5) is 18.7. The van der Waals surface area contributed by atoms with E-state index in [1.807, 2.05) is 6.07 Å². The second-order valence-corrected chi connectivity index (χ2v) is 10.4. The van der Waals surface area contributed by atoms with E-state index in [9.17, 15) is 10.1 Å². The Hall–Kier alpha value is -1.16. The molecule has 0 aromatic carbocycles. The third-order valence-corrected chi connectivity index (χ3v) is 5.62. The molecule has 77 valence electrons. The van der Waals surface area contributed by atoms with Gasteiger partial charge in [0.2, 0.25) is 0 Å². The van der Waals surface area contributed by atoms with E-state index in [-0.39, 0.29) is 12.1 Å². The number of hydrogen-bond acceptors (Lipinski definition) is 4. The van der Waals surface area contributed by atoms with E-state index < -0.39 is 24.7 Å². The molecule has 0 saturated heterocycles. The van der Waals surface area contributed by atoms with Crippen molar-refractivity contribution in [3.05, 3.63) is 27.9 Å². The summed E-state index contributed by atoms with van der Waals surface area (Å²) in [6.45, 7) is 0. The molecule has 0 bridgehead atoms. The zero-order chi connectivity index (χ0) is 11.4. The first-order chi connectivity index (χ1) is 7.06. The maximum absolute atomic E-state index is 10.6. The topological polar surface area (TPSA) is 79.8 Å². The summed E-state index contributed by atoms with van der Waals surface area (Å²) in [5.74, 6) is 0. The van der Waals surface area contributed by atoms with Crippen molar-refractivity contribution in [3.63, 3.8) is 0 Å². The number of nitriles is 1. The number of aromatic nitrogens is 1. The Balaban J connectivity index is 3.21. The standard InChI is InChI=1S/C7H4N3O2.2CH3.Sn/c8-4-3-6-7(10(11)12)2-1-5-9-6;;;/h1-2H,3H2;2*1H3;. The van der Waals surface area contributed by atoms with Gasteiger partial charge < -0.3 is 0 Å². The molecule has 0 amide bonds. The number of pyridine rings is 1. The molecule has 1 radical (unpaired) electrons. The van der Waals surface area contributed by atoms with Gasteiger partial charge in [-0.1, -0.05) is 0 Å². The molecule has 0 N–H and O–H groups in total. The zero-order valence-electron chi connectivity index (χ0n) is 8.52. The first-order valence-electron chi connectivity index (χ1n) is 4.38. The number of rotatable bonds is 3. The molecule has 1 rings (SSSR count). The van der Waals surface area contributed by atoms with Crippen LogP contribution in [0.5, 0.6) is 0 Å². The van der Waals surface area contributed by atoms with Gasteiger partial charge in [0.05, 0.1) is 0 Å². The van der Waals surface area contributed by atoms with Gasteiger partial charge in [-0.05, 0) is 0 Å². The molecule has 0 aliphatic rings. The first kappa shape index (κ1) is 11.9. The molecule has 0 fully saturated rings. The molecular formula is C9H10N3O2Sn. The van der Waals surface area contributed by atoms with Crippen molar-refractivity contribution in [2.45, 2.75) is 16.3 Å². The molecule has 1 aromatic rings. The van der Waals surface area contributed by atoms with Crippen molar-refractivity contribution < 1.29 is 4.92 Å². The van der Waals surface area contributed by atoms with Gasteiger partial charge in [-0.2, -0.15) is 0 Å². The van der Waals surface area contributed by atoms with Crippen molar-refractivity contribution >= 4 is 29.2 Å². The van der Waals surface area contributed by atoms with Crippen LogP contribution in [0, 0.1) is 21.4 Å². The molecule has 0 aliphatic carbocycles. The van der Waals surface area contributed by atoms with Crippen LogP contribution in [0.1, 0.15) is 5.69 Å². The van der Waals surface area contributed by atoms with Crippen molar-refractivity contribution in [2.24, 2.45) is 0 Å². The van der Waals surface area contributed by atoms with Crippen LogP contribution in [0.25, 0.3) is 0 Å². The van der Waals surface area contributed by atoms with Gasteiger partial charge in [0, 0.05) is 0 Å². The maximum atomic E-state index is 10.6. The molecule has 5 nitrogen and oxygen atoms in total. The Morgan fingerprint density at radius 2 is 2.27 bits per heavy atom. The zero-order valence-corrected chi connectivity index (χ0v) is 11.4. The van der Waals surface area contributed by atoms with E-state index in [0.717, 1.165) is 3.71 Å². The Morgan fingerprint density at radius 3 is 2.73 bits per heavy atom. The van der Waals surface area contributed by atoms with Crippen LogP contribution in [0.15, 0.2) is 12.1 Å². The fraction of sp³-hybridized carbons (Fsp3) is 0.333. The Bertz CT molecular complexity index is 426. The van der Waals surface area contributed by atoms with Gasteiger partial charge in [0.15, 0.2) is 0 Å². The molecule has 0 aliphatic heterocycles. The van der Waals surface area contributed by atoms with Crippen LogP contribution in [0.3, 0.4) is 0 Å². The molecule has 15 heavy (non-hydrogen) atoms. The van der Waals surface area contributed by atoms with Gasteiger partial charge in [-0.25, -0.2) is 0 Å². The average Bonchev–Trinajstić information content (AvgIpc) is 2.17. The summed E-state index contributed by atoms with van der Waals surface area (Å²) in [6, 6.07) is 5.08. The predicted octanol–water partition coefficient (Wildman–Crippen LogP) is 1.02. The number of nitro groups is 1. The van der Waals surface area contributed by atoms with Crippen LogP contribution in [-0.4, -0.2) is 29.7 Å². The fourth-order valence-corrected chi connectivity index (χ4v) is 3.36. The van der Waals surface area contributed by atoms with E-state index in [4.69, 9.17) is 5.26 Å². The third kappa shape index (κ3) is 2.89. The molecule has 0 spiro atoms. The molecule has 1 aromatic heterocycles. The minimum atomic E-state index is -1.61. The second-order valence-electron chi connectivity index (χ2n) is 3.25. The van der Waals surface area contributed by atoms with E-state index in [2.05, 4.69) is 14.9 Å². The van der Waals surface area contributed by atoms with E-state index in [1.165, 1.54) is 6.07 Å². The second kappa shape index (κ2) is 5.07. The molecule has 6 heteroatoms. The van der Waals surface area contributed by atoms with Crippen LogP contribution < -0.4 is 3.71 Å². The Morgan fingerprint density at radius 1 is 1.60 bits per heavy atom. The molecule has 0 unspecified atom stereocenters. The Kier molecular flexibility index (Phi) is 4.03. The molecule has 0 saturated carbocycles. The summed E-state index contributed by atoms with van der Waals surface area (Å²) in [6.07, 6.45) is 0.000587. The molecular weight excluding hydrogens is 301 g/mol. The van der Waals surface area contributed by atoms with Crippen LogP contribution in [-0.2, 0) is 6.42 Å². The van der Waals surface area contributed by atoms with E-state index in [0.29, 0.717) is 5.69 Å². The molecule has 1 heterocycles. The van der Waals surface area contributed by atoms with Gasteiger partial charge in [0.25, 0.3) is 0 Å². The van der Waals surface area contributed by atoms with Gasteiger partial charge in [-0.15, -0.1) is 0 Å². The summed E-state index contributed by atoms with van der Waals surface area (Å²) >= 11 is -1.61. The Labute approximate surface area is 94.6 Å². The van der Waals surface area contributed by atoms with Crippen molar-refractivity contribution in [3.8, 4) is 6.07 Å². The van der Waals surface area contributed by atoms with Crippen molar-refractivity contribution in [1.82, 2.24) is 4.98 Å². The van der Waals surface area contributed by atoms with Crippen LogP contribution in [0.2, 0.25) is 9.88 Å². The average molecular weight is 311 g/mol. The number of nitrogens with zero attached hydrogens (tertiary/aromatic N) is 3. The summed E-state index contributed by atoms with van der Waals surface area (Å²) in [7, 11) is 0. The SMILES string of the molecule is [CH3][Sn]([CH3])[c]1ccc([N+](=O)[O-])c(CC#N)n1. The monoisotopic (exact) mass is 312 g/mol. The summed E-state index contributed by atoms with van der Waals surface area (Å²) < 4.78 is 0.966.